The third-order valence-corrected chi connectivity index (χ3v) is 1.95. The number of nitrogens with zero attached hydrogens (tertiary/aromatic N) is 1. The first-order valence-electron chi connectivity index (χ1n) is 4.76. The number of nitrogens with one attached hydrogen (secondary N) is 1. The van der Waals surface area contributed by atoms with Crippen LogP contribution in [-0.2, 0) is 0 Å². The Balaban J connectivity index is 1.87. The fourth-order valence-electron chi connectivity index (χ4n) is 1.08. The van der Waals surface area contributed by atoms with E-state index < -0.39 is 0 Å². The highest BCUT2D eigenvalue weighted by Gasteiger charge is 2.23. The normalized spacial score (nSPS) is 20.2. The Bertz CT molecular complexity index is 99.7. The zero-order valence-electron chi connectivity index (χ0n) is 7.64. The first-order chi connectivity index (χ1) is 5.33. The maximum absolute atomic E-state index is 4.55. The summed E-state index contributed by atoms with van der Waals surface area (Å²) in [6.45, 7) is 5.48. The molecule has 1 rings (SSSR count). The van der Waals surface area contributed by atoms with Gasteiger partial charge >= 0.3 is 0 Å². The van der Waals surface area contributed by atoms with Crippen molar-refractivity contribution >= 4 is 0 Å². The zero-order valence-corrected chi connectivity index (χ0v) is 7.64. The molecule has 1 aliphatic carbocycles. The summed E-state index contributed by atoms with van der Waals surface area (Å²) in [4.78, 5) is 0. The average molecular weight is 155 g/mol. The summed E-state index contributed by atoms with van der Waals surface area (Å²) in [7, 11) is 0. The van der Waals surface area contributed by atoms with Gasteiger partial charge in [0.1, 0.15) is 0 Å². The summed E-state index contributed by atoms with van der Waals surface area (Å²) in [6.07, 6.45) is 5.56. The van der Waals surface area contributed by atoms with Crippen LogP contribution in [0.3, 0.4) is 0 Å². The van der Waals surface area contributed by atoms with E-state index in [-0.39, 0.29) is 0 Å². The first kappa shape index (κ1) is 9.01. The van der Waals surface area contributed by atoms with Gasteiger partial charge in [-0.15, -0.1) is 0 Å². The number of hydrogen-bond acceptors (Lipinski definition) is 1. The van der Waals surface area contributed by atoms with E-state index in [1.54, 1.807) is 0 Å². The van der Waals surface area contributed by atoms with Crippen molar-refractivity contribution in [2.24, 2.45) is 0 Å². The van der Waals surface area contributed by atoms with Crippen molar-refractivity contribution < 1.29 is 0 Å². The predicted octanol–water partition coefficient (Wildman–Crippen LogP) is 1.49. The second-order valence-electron chi connectivity index (χ2n) is 3.36. The summed E-state index contributed by atoms with van der Waals surface area (Å²) < 4.78 is 0. The molecule has 0 aromatic carbocycles. The van der Waals surface area contributed by atoms with Crippen molar-refractivity contribution in [2.45, 2.75) is 51.7 Å². The van der Waals surface area contributed by atoms with E-state index in [0.29, 0.717) is 12.2 Å². The topological polar surface area (TPSA) is 26.1 Å². The van der Waals surface area contributed by atoms with Crippen molar-refractivity contribution in [3.8, 4) is 0 Å². The van der Waals surface area contributed by atoms with Crippen molar-refractivity contribution in [2.75, 3.05) is 6.54 Å². The molecule has 1 saturated carbocycles. The van der Waals surface area contributed by atoms with Gasteiger partial charge in [-0.25, -0.2) is 5.32 Å². The molecule has 0 aromatic rings. The van der Waals surface area contributed by atoms with Crippen molar-refractivity contribution in [1.29, 1.82) is 0 Å². The molecule has 1 atom stereocenters. The monoisotopic (exact) mass is 155 g/mol. The Morgan fingerprint density at radius 3 is 2.82 bits per heavy atom. The van der Waals surface area contributed by atoms with E-state index in [4.69, 9.17) is 0 Å². The molecule has 1 fully saturated rings. The Hall–Kier alpha value is -0.0800. The minimum Gasteiger partial charge on any atom is -0.301 e. The molecule has 0 spiro atoms. The Kier molecular flexibility index (Phi) is 3.87. The third kappa shape index (κ3) is 4.38. The smallest absolute Gasteiger partial charge is 0.0710 e. The van der Waals surface area contributed by atoms with E-state index in [1.807, 2.05) is 0 Å². The molecule has 0 amide bonds. The van der Waals surface area contributed by atoms with Gasteiger partial charge in [0.2, 0.25) is 0 Å². The Morgan fingerprint density at radius 2 is 2.27 bits per heavy atom. The molecule has 0 heterocycles. The molecule has 65 valence electrons. The lowest BCUT2D eigenvalue weighted by atomic mass is 10.3. The van der Waals surface area contributed by atoms with Gasteiger partial charge in [-0.05, 0) is 32.7 Å². The predicted molar refractivity (Wildman–Crippen MR) is 47.5 cm³/mol. The van der Waals surface area contributed by atoms with E-state index in [9.17, 15) is 0 Å². The minimum atomic E-state index is 0.383. The van der Waals surface area contributed by atoms with Crippen LogP contribution in [0.15, 0.2) is 0 Å². The molecule has 2 nitrogen and oxygen atoms in total. The molecule has 1 aliphatic rings. The van der Waals surface area contributed by atoms with Gasteiger partial charge in [-0.3, -0.25) is 0 Å². The average Bonchev–Trinajstić information content (AvgIpc) is 2.72. The van der Waals surface area contributed by atoms with Crippen molar-refractivity contribution in [3.05, 3.63) is 0 Å². The van der Waals surface area contributed by atoms with E-state index in [1.165, 1.54) is 25.7 Å². The van der Waals surface area contributed by atoms with Crippen LogP contribution in [0.25, 0.3) is 0 Å². The molecule has 1 unspecified atom stereocenters. The number of hydrogen-bond donors (Lipinski definition) is 1. The van der Waals surface area contributed by atoms with E-state index in [0.717, 1.165) is 6.54 Å². The minimum absolute atomic E-state index is 0.383. The van der Waals surface area contributed by atoms with Gasteiger partial charge in [0, 0.05) is 6.04 Å². The lowest BCUT2D eigenvalue weighted by Gasteiger charge is -2.12. The highest BCUT2D eigenvalue weighted by molar-refractivity contribution is 4.82. The fraction of sp³-hybridized carbons (Fsp3) is 1.00. The van der Waals surface area contributed by atoms with Gasteiger partial charge < -0.3 is 5.32 Å². The van der Waals surface area contributed by atoms with Gasteiger partial charge in [-0.1, -0.05) is 13.3 Å². The van der Waals surface area contributed by atoms with Crippen LogP contribution < -0.4 is 10.6 Å². The maximum atomic E-state index is 4.55. The second kappa shape index (κ2) is 4.73. The summed E-state index contributed by atoms with van der Waals surface area (Å²) in [6, 6.07) is 0.694. The molecular weight excluding hydrogens is 136 g/mol. The SMILES string of the molecule is CCCCNC(C)[N]C1CC1. The number of rotatable bonds is 6. The third-order valence-electron chi connectivity index (χ3n) is 1.95. The zero-order chi connectivity index (χ0) is 8.10. The summed E-state index contributed by atoms with van der Waals surface area (Å²) in [5.74, 6) is 0. The van der Waals surface area contributed by atoms with Gasteiger partial charge in [0.05, 0.1) is 6.17 Å². The van der Waals surface area contributed by atoms with Gasteiger partial charge in [0.25, 0.3) is 0 Å². The van der Waals surface area contributed by atoms with Gasteiger partial charge in [-0.2, -0.15) is 0 Å². The summed E-state index contributed by atoms with van der Waals surface area (Å²) >= 11 is 0. The van der Waals surface area contributed by atoms with Crippen LogP contribution in [-0.4, -0.2) is 18.8 Å². The van der Waals surface area contributed by atoms with E-state index in [2.05, 4.69) is 24.5 Å². The van der Waals surface area contributed by atoms with Crippen LogP contribution in [0, 0.1) is 0 Å². The molecule has 1 N–H and O–H groups in total. The van der Waals surface area contributed by atoms with Crippen LogP contribution in [0.1, 0.15) is 39.5 Å². The Labute approximate surface area is 69.8 Å². The van der Waals surface area contributed by atoms with Gasteiger partial charge in [0.15, 0.2) is 0 Å². The molecule has 1 radical (unpaired) electrons. The maximum Gasteiger partial charge on any atom is 0.0710 e. The van der Waals surface area contributed by atoms with Crippen LogP contribution in [0.5, 0.6) is 0 Å². The lowest BCUT2D eigenvalue weighted by molar-refractivity contribution is 0.437. The lowest BCUT2D eigenvalue weighted by Crippen LogP contribution is -2.36. The largest absolute Gasteiger partial charge is 0.301 e. The van der Waals surface area contributed by atoms with E-state index >= 15 is 0 Å². The molecule has 0 aromatic heterocycles. The van der Waals surface area contributed by atoms with Crippen LogP contribution >= 0.6 is 0 Å². The molecule has 11 heavy (non-hydrogen) atoms. The Morgan fingerprint density at radius 1 is 1.55 bits per heavy atom. The molecule has 0 aliphatic heterocycles. The molecule has 2 heteroatoms. The van der Waals surface area contributed by atoms with Crippen LogP contribution in [0.2, 0.25) is 0 Å². The van der Waals surface area contributed by atoms with Crippen molar-refractivity contribution in [1.82, 2.24) is 10.6 Å². The van der Waals surface area contributed by atoms with Crippen LogP contribution in [0.4, 0.5) is 0 Å². The van der Waals surface area contributed by atoms with Crippen molar-refractivity contribution in [3.63, 3.8) is 0 Å². The molecule has 0 bridgehead atoms. The first-order valence-corrected chi connectivity index (χ1v) is 4.76. The summed E-state index contributed by atoms with van der Waals surface area (Å²) in [5.41, 5.74) is 0. The molecule has 0 saturated heterocycles. The number of unbranched alkanes of at least 4 members (excludes halogenated alkanes) is 1. The standard InChI is InChI=1S/C9H19N2/c1-3-4-7-10-8(2)11-9-5-6-9/h8-10H,3-7H2,1-2H3. The summed E-state index contributed by atoms with van der Waals surface area (Å²) in [5, 5.41) is 7.94. The highest BCUT2D eigenvalue weighted by atomic mass is 15.1. The molecular formula is C9H19N2. The highest BCUT2D eigenvalue weighted by Crippen LogP contribution is 2.20. The fourth-order valence-corrected chi connectivity index (χ4v) is 1.08. The quantitative estimate of drug-likeness (QED) is 0.578. The second-order valence-corrected chi connectivity index (χ2v) is 3.36.